The molecule has 5 heteroatoms. The Labute approximate surface area is 142 Å². The second kappa shape index (κ2) is 9.65. The van der Waals surface area contributed by atoms with Crippen LogP contribution in [0, 0.1) is 17.8 Å². The molecule has 0 bridgehead atoms. The first-order valence-electron chi connectivity index (χ1n) is 7.88. The van der Waals surface area contributed by atoms with Crippen LogP contribution in [0.25, 0.3) is 6.08 Å². The van der Waals surface area contributed by atoms with E-state index >= 15 is 0 Å². The van der Waals surface area contributed by atoms with Gasteiger partial charge in [0.05, 0.1) is 14.2 Å². The van der Waals surface area contributed by atoms with Crippen molar-refractivity contribution >= 4 is 23.8 Å². The molecule has 0 aromatic heterocycles. The summed E-state index contributed by atoms with van der Waals surface area (Å²) in [4.78, 5) is 36.4. The molecule has 0 aliphatic heterocycles. The first-order chi connectivity index (χ1) is 11.5. The summed E-state index contributed by atoms with van der Waals surface area (Å²) in [5.74, 6) is -3.62. The fourth-order valence-electron chi connectivity index (χ4n) is 2.68. The number of allylic oxidation sites excluding steroid dienone is 1. The van der Waals surface area contributed by atoms with E-state index in [0.717, 1.165) is 5.56 Å². The smallest absolute Gasteiger partial charge is 0.320 e. The minimum atomic E-state index is -1.10. The molecule has 1 aromatic rings. The summed E-state index contributed by atoms with van der Waals surface area (Å²) in [6.45, 7) is 3.54. The molecule has 0 saturated heterocycles. The molecular weight excluding hydrogens is 308 g/mol. The Kier molecular flexibility index (Phi) is 7.89. The van der Waals surface area contributed by atoms with Gasteiger partial charge in [-0.2, -0.15) is 0 Å². The number of hydrogen-bond acceptors (Lipinski definition) is 5. The normalized spacial score (nSPS) is 13.5. The topological polar surface area (TPSA) is 69.7 Å². The first-order valence-corrected chi connectivity index (χ1v) is 7.88. The van der Waals surface area contributed by atoms with Crippen molar-refractivity contribution in [2.45, 2.75) is 20.3 Å². The van der Waals surface area contributed by atoms with Crippen LogP contribution in [-0.4, -0.2) is 31.9 Å². The molecule has 0 aliphatic carbocycles. The standard InChI is InChI=1S/C19H24O5/c1-5-15(17(18(21)23-3)19(22)24-4)13(2)16(20)12-11-14-9-7-6-8-10-14/h6-13,15,17H,5H2,1-4H3/b12-11+/t13-,15-/m1/s1. The number of carbonyl (C=O) groups excluding carboxylic acids is 3. The zero-order valence-corrected chi connectivity index (χ0v) is 14.5. The van der Waals surface area contributed by atoms with Gasteiger partial charge < -0.3 is 9.47 Å². The van der Waals surface area contributed by atoms with E-state index in [9.17, 15) is 14.4 Å². The molecule has 5 nitrogen and oxygen atoms in total. The fraction of sp³-hybridized carbons (Fsp3) is 0.421. The Morgan fingerprint density at radius 1 is 1.04 bits per heavy atom. The lowest BCUT2D eigenvalue weighted by Gasteiger charge is -2.26. The van der Waals surface area contributed by atoms with Crippen LogP contribution < -0.4 is 0 Å². The van der Waals surface area contributed by atoms with Gasteiger partial charge in [-0.1, -0.05) is 56.7 Å². The van der Waals surface area contributed by atoms with E-state index in [0.29, 0.717) is 6.42 Å². The largest absolute Gasteiger partial charge is 0.468 e. The van der Waals surface area contributed by atoms with Gasteiger partial charge in [0.15, 0.2) is 11.7 Å². The third-order valence-electron chi connectivity index (χ3n) is 4.14. The van der Waals surface area contributed by atoms with Gasteiger partial charge in [-0.25, -0.2) is 0 Å². The summed E-state index contributed by atoms with van der Waals surface area (Å²) in [6, 6.07) is 9.43. The highest BCUT2D eigenvalue weighted by Gasteiger charge is 2.40. The van der Waals surface area contributed by atoms with Gasteiger partial charge in [0.25, 0.3) is 0 Å². The highest BCUT2D eigenvalue weighted by atomic mass is 16.5. The number of methoxy groups -OCH3 is 2. The Hall–Kier alpha value is -2.43. The molecular formula is C19H24O5. The van der Waals surface area contributed by atoms with Crippen LogP contribution in [0.1, 0.15) is 25.8 Å². The highest BCUT2D eigenvalue weighted by Crippen LogP contribution is 2.28. The molecule has 1 rings (SSSR count). The number of esters is 2. The Bertz CT molecular complexity index is 575. The SMILES string of the molecule is CC[C@@H](C(C(=O)OC)C(=O)OC)[C@@H](C)C(=O)/C=C/c1ccccc1. The van der Waals surface area contributed by atoms with Crippen molar-refractivity contribution < 1.29 is 23.9 Å². The molecule has 0 N–H and O–H groups in total. The van der Waals surface area contributed by atoms with Crippen LogP contribution in [0.15, 0.2) is 36.4 Å². The molecule has 0 fully saturated rings. The van der Waals surface area contributed by atoms with Crippen molar-refractivity contribution in [1.29, 1.82) is 0 Å². The van der Waals surface area contributed by atoms with E-state index in [-0.39, 0.29) is 5.78 Å². The van der Waals surface area contributed by atoms with Crippen molar-refractivity contribution in [2.24, 2.45) is 17.8 Å². The average molecular weight is 332 g/mol. The van der Waals surface area contributed by atoms with Gasteiger partial charge in [0.1, 0.15) is 0 Å². The maximum atomic E-state index is 12.5. The fourth-order valence-corrected chi connectivity index (χ4v) is 2.68. The van der Waals surface area contributed by atoms with Crippen LogP contribution in [-0.2, 0) is 23.9 Å². The van der Waals surface area contributed by atoms with E-state index in [2.05, 4.69) is 0 Å². The van der Waals surface area contributed by atoms with Crippen molar-refractivity contribution in [3.8, 4) is 0 Å². The number of ether oxygens (including phenoxy) is 2. The molecule has 2 atom stereocenters. The maximum Gasteiger partial charge on any atom is 0.320 e. The monoisotopic (exact) mass is 332 g/mol. The van der Waals surface area contributed by atoms with Crippen LogP contribution >= 0.6 is 0 Å². The molecule has 0 heterocycles. The molecule has 0 radical (unpaired) electrons. The minimum absolute atomic E-state index is 0.150. The number of ketones is 1. The van der Waals surface area contributed by atoms with Gasteiger partial charge in [-0.05, 0) is 17.6 Å². The maximum absolute atomic E-state index is 12.5. The molecule has 0 aliphatic rings. The molecule has 0 unspecified atom stereocenters. The molecule has 1 aromatic carbocycles. The number of hydrogen-bond donors (Lipinski definition) is 0. The zero-order chi connectivity index (χ0) is 18.1. The summed E-state index contributed by atoms with van der Waals surface area (Å²) in [7, 11) is 2.43. The molecule has 0 saturated carbocycles. The molecule has 130 valence electrons. The van der Waals surface area contributed by atoms with E-state index in [1.807, 2.05) is 37.3 Å². The number of carbonyl (C=O) groups is 3. The van der Waals surface area contributed by atoms with Crippen LogP contribution in [0.4, 0.5) is 0 Å². The van der Waals surface area contributed by atoms with E-state index in [4.69, 9.17) is 9.47 Å². The van der Waals surface area contributed by atoms with Crippen molar-refractivity contribution in [2.75, 3.05) is 14.2 Å². The predicted molar refractivity (Wildman–Crippen MR) is 91.0 cm³/mol. The van der Waals surface area contributed by atoms with Gasteiger partial charge in [-0.15, -0.1) is 0 Å². The summed E-state index contributed by atoms with van der Waals surface area (Å²) < 4.78 is 9.42. The summed E-state index contributed by atoms with van der Waals surface area (Å²) in [5, 5.41) is 0. The van der Waals surface area contributed by atoms with Crippen LogP contribution in [0.2, 0.25) is 0 Å². The molecule has 0 amide bonds. The van der Waals surface area contributed by atoms with Crippen LogP contribution in [0.5, 0.6) is 0 Å². The third kappa shape index (κ3) is 5.05. The van der Waals surface area contributed by atoms with Gasteiger partial charge in [-0.3, -0.25) is 14.4 Å². The molecule has 0 spiro atoms. The summed E-state index contributed by atoms with van der Waals surface area (Å²) in [6.07, 6.45) is 3.67. The number of benzene rings is 1. The summed E-state index contributed by atoms with van der Waals surface area (Å²) in [5.41, 5.74) is 0.906. The van der Waals surface area contributed by atoms with Crippen molar-refractivity contribution in [3.05, 3.63) is 42.0 Å². The molecule has 24 heavy (non-hydrogen) atoms. The summed E-state index contributed by atoms with van der Waals surface area (Å²) >= 11 is 0. The zero-order valence-electron chi connectivity index (χ0n) is 14.5. The van der Waals surface area contributed by atoms with E-state index in [1.54, 1.807) is 13.0 Å². The Morgan fingerprint density at radius 3 is 2.04 bits per heavy atom. The van der Waals surface area contributed by atoms with Gasteiger partial charge in [0, 0.05) is 5.92 Å². The lowest BCUT2D eigenvalue weighted by molar-refractivity contribution is -0.162. The van der Waals surface area contributed by atoms with Gasteiger partial charge >= 0.3 is 11.9 Å². The van der Waals surface area contributed by atoms with Crippen LogP contribution in [0.3, 0.4) is 0 Å². The Morgan fingerprint density at radius 2 is 1.58 bits per heavy atom. The predicted octanol–water partition coefficient (Wildman–Crippen LogP) is 2.89. The second-order valence-electron chi connectivity index (χ2n) is 5.53. The van der Waals surface area contributed by atoms with Gasteiger partial charge in [0.2, 0.25) is 0 Å². The lowest BCUT2D eigenvalue weighted by atomic mass is 9.78. The first kappa shape index (κ1) is 19.6. The van der Waals surface area contributed by atoms with E-state index < -0.39 is 29.7 Å². The average Bonchev–Trinajstić information content (AvgIpc) is 2.63. The second-order valence-corrected chi connectivity index (χ2v) is 5.53. The van der Waals surface area contributed by atoms with Crippen molar-refractivity contribution in [3.63, 3.8) is 0 Å². The van der Waals surface area contributed by atoms with E-state index in [1.165, 1.54) is 20.3 Å². The third-order valence-corrected chi connectivity index (χ3v) is 4.14. The highest BCUT2D eigenvalue weighted by molar-refractivity contribution is 5.98. The number of rotatable bonds is 8. The van der Waals surface area contributed by atoms with Crippen molar-refractivity contribution in [1.82, 2.24) is 0 Å². The lowest BCUT2D eigenvalue weighted by Crippen LogP contribution is -2.38. The minimum Gasteiger partial charge on any atom is -0.468 e. The quantitative estimate of drug-likeness (QED) is 0.416. The Balaban J connectivity index is 2.95.